The Kier molecular flexibility index (Phi) is 3.32. The van der Waals surface area contributed by atoms with E-state index in [4.69, 9.17) is 11.6 Å². The smallest absolute Gasteiger partial charge is 0.253 e. The molecule has 0 aliphatic carbocycles. The molecule has 1 nitrogen and oxygen atoms in total. The van der Waals surface area contributed by atoms with Crippen LogP contribution in [0.15, 0.2) is 21.1 Å². The molecule has 1 aromatic carbocycles. The monoisotopic (exact) mass is 310 g/mol. The van der Waals surface area contributed by atoms with Crippen LogP contribution in [-0.2, 0) is 0 Å². The zero-order chi connectivity index (χ0) is 9.30. The van der Waals surface area contributed by atoms with Gasteiger partial charge in [-0.1, -0.05) is 15.9 Å². The molecule has 0 aromatic heterocycles. The van der Waals surface area contributed by atoms with Crippen molar-refractivity contribution in [2.75, 3.05) is 0 Å². The molecule has 4 heteroatoms. The second kappa shape index (κ2) is 3.90. The fourth-order valence-electron chi connectivity index (χ4n) is 0.951. The maximum Gasteiger partial charge on any atom is 0.253 e. The molecule has 0 atom stereocenters. The summed E-state index contributed by atoms with van der Waals surface area (Å²) in [7, 11) is 0. The molecule has 0 aliphatic heterocycles. The number of hydrogen-bond acceptors (Lipinski definition) is 1. The molecule has 0 saturated heterocycles. The molecule has 0 bridgehead atoms. The number of rotatable bonds is 1. The van der Waals surface area contributed by atoms with Crippen molar-refractivity contribution >= 4 is 48.7 Å². The number of hydrogen-bond donors (Lipinski definition) is 0. The molecule has 12 heavy (non-hydrogen) atoms. The lowest BCUT2D eigenvalue weighted by Crippen LogP contribution is -1.94. The SMILES string of the molecule is Cc1cc(Br)cc(Br)c1C(=O)Cl. The molecule has 0 amide bonds. The van der Waals surface area contributed by atoms with Crippen molar-refractivity contribution in [1.82, 2.24) is 0 Å². The van der Waals surface area contributed by atoms with E-state index in [2.05, 4.69) is 31.9 Å². The molecular formula is C8H5Br2ClO. The highest BCUT2D eigenvalue weighted by Gasteiger charge is 2.10. The summed E-state index contributed by atoms with van der Waals surface area (Å²) < 4.78 is 1.64. The largest absolute Gasteiger partial charge is 0.276 e. The Balaban J connectivity index is 3.38. The van der Waals surface area contributed by atoms with Crippen LogP contribution in [0.2, 0.25) is 0 Å². The van der Waals surface area contributed by atoms with E-state index < -0.39 is 5.24 Å². The Hall–Kier alpha value is 0.140. The van der Waals surface area contributed by atoms with Crippen molar-refractivity contribution in [2.24, 2.45) is 0 Å². The first-order valence-electron chi connectivity index (χ1n) is 3.18. The molecule has 0 radical (unpaired) electrons. The summed E-state index contributed by atoms with van der Waals surface area (Å²) in [4.78, 5) is 10.9. The van der Waals surface area contributed by atoms with E-state index in [9.17, 15) is 4.79 Å². The summed E-state index contributed by atoms with van der Waals surface area (Å²) in [6.45, 7) is 1.84. The summed E-state index contributed by atoms with van der Waals surface area (Å²) in [6, 6.07) is 3.64. The lowest BCUT2D eigenvalue weighted by Gasteiger charge is -2.03. The lowest BCUT2D eigenvalue weighted by atomic mass is 10.1. The van der Waals surface area contributed by atoms with Crippen molar-refractivity contribution in [2.45, 2.75) is 6.92 Å². The Bertz CT molecular complexity index is 313. The van der Waals surface area contributed by atoms with Crippen LogP contribution >= 0.6 is 43.5 Å². The van der Waals surface area contributed by atoms with Crippen LogP contribution in [0, 0.1) is 6.92 Å². The predicted molar refractivity (Wildman–Crippen MR) is 56.8 cm³/mol. The van der Waals surface area contributed by atoms with Crippen LogP contribution in [0.25, 0.3) is 0 Å². The Morgan fingerprint density at radius 3 is 2.42 bits per heavy atom. The molecule has 0 aliphatic rings. The molecule has 0 fully saturated rings. The zero-order valence-electron chi connectivity index (χ0n) is 6.20. The van der Waals surface area contributed by atoms with Gasteiger partial charge in [0.25, 0.3) is 5.24 Å². The third-order valence-corrected chi connectivity index (χ3v) is 2.72. The van der Waals surface area contributed by atoms with Gasteiger partial charge < -0.3 is 0 Å². The van der Waals surface area contributed by atoms with Gasteiger partial charge in [0.2, 0.25) is 0 Å². The second-order valence-electron chi connectivity index (χ2n) is 2.35. The molecule has 0 heterocycles. The third-order valence-electron chi connectivity index (χ3n) is 1.45. The Morgan fingerprint density at radius 2 is 2.00 bits per heavy atom. The molecule has 64 valence electrons. The minimum absolute atomic E-state index is 0.438. The highest BCUT2D eigenvalue weighted by molar-refractivity contribution is 9.11. The molecule has 0 unspecified atom stereocenters. The average molecular weight is 312 g/mol. The van der Waals surface area contributed by atoms with Crippen LogP contribution in [-0.4, -0.2) is 5.24 Å². The van der Waals surface area contributed by atoms with E-state index in [-0.39, 0.29) is 0 Å². The van der Waals surface area contributed by atoms with Gasteiger partial charge in [0.1, 0.15) is 0 Å². The molecule has 0 saturated carbocycles. The van der Waals surface area contributed by atoms with E-state index >= 15 is 0 Å². The molecule has 1 aromatic rings. The maximum absolute atomic E-state index is 10.9. The first-order chi connectivity index (χ1) is 5.52. The summed E-state index contributed by atoms with van der Waals surface area (Å²) in [5.41, 5.74) is 1.39. The fourth-order valence-corrected chi connectivity index (χ4v) is 2.94. The first-order valence-corrected chi connectivity index (χ1v) is 5.14. The van der Waals surface area contributed by atoms with Gasteiger partial charge >= 0.3 is 0 Å². The Labute approximate surface area is 92.4 Å². The van der Waals surface area contributed by atoms with Gasteiger partial charge in [0.15, 0.2) is 0 Å². The van der Waals surface area contributed by atoms with Crippen molar-refractivity contribution in [3.05, 3.63) is 32.2 Å². The van der Waals surface area contributed by atoms with Crippen LogP contribution in [0.3, 0.4) is 0 Å². The number of aryl methyl sites for hydroxylation is 1. The molecule has 0 spiro atoms. The van der Waals surface area contributed by atoms with Gasteiger partial charge in [-0.3, -0.25) is 4.79 Å². The lowest BCUT2D eigenvalue weighted by molar-refractivity contribution is 0.108. The first kappa shape index (κ1) is 10.2. The molecule has 0 N–H and O–H groups in total. The standard InChI is InChI=1S/C8H5Br2ClO/c1-4-2-5(9)3-6(10)7(4)8(11)12/h2-3H,1H3. The normalized spacial score (nSPS) is 10.0. The Morgan fingerprint density at radius 1 is 1.42 bits per heavy atom. The number of carbonyl (C=O) groups excluding carboxylic acids is 1. The van der Waals surface area contributed by atoms with E-state index in [0.29, 0.717) is 5.56 Å². The third kappa shape index (κ3) is 2.09. The van der Waals surface area contributed by atoms with Crippen LogP contribution in [0.1, 0.15) is 15.9 Å². The van der Waals surface area contributed by atoms with Crippen LogP contribution in [0.5, 0.6) is 0 Å². The van der Waals surface area contributed by atoms with E-state index in [0.717, 1.165) is 14.5 Å². The highest BCUT2D eigenvalue weighted by atomic mass is 79.9. The predicted octanol–water partition coefficient (Wildman–Crippen LogP) is 3.90. The number of benzene rings is 1. The van der Waals surface area contributed by atoms with Crippen molar-refractivity contribution in [1.29, 1.82) is 0 Å². The van der Waals surface area contributed by atoms with Crippen molar-refractivity contribution in [3.63, 3.8) is 0 Å². The fraction of sp³-hybridized carbons (Fsp3) is 0.125. The van der Waals surface area contributed by atoms with Crippen LogP contribution < -0.4 is 0 Å². The zero-order valence-corrected chi connectivity index (χ0v) is 10.1. The van der Waals surface area contributed by atoms with Crippen molar-refractivity contribution in [3.8, 4) is 0 Å². The summed E-state index contributed by atoms with van der Waals surface area (Å²) in [6.07, 6.45) is 0. The van der Waals surface area contributed by atoms with Gasteiger partial charge in [-0.05, 0) is 52.2 Å². The topological polar surface area (TPSA) is 17.1 Å². The minimum Gasteiger partial charge on any atom is -0.276 e. The van der Waals surface area contributed by atoms with Crippen molar-refractivity contribution < 1.29 is 4.79 Å². The van der Waals surface area contributed by atoms with Gasteiger partial charge in [-0.15, -0.1) is 0 Å². The molecule has 1 rings (SSSR count). The van der Waals surface area contributed by atoms with Gasteiger partial charge in [0, 0.05) is 8.95 Å². The number of carbonyl (C=O) groups is 1. The highest BCUT2D eigenvalue weighted by Crippen LogP contribution is 2.26. The van der Waals surface area contributed by atoms with Gasteiger partial charge in [0.05, 0.1) is 5.56 Å². The quantitative estimate of drug-likeness (QED) is 0.719. The number of halogens is 3. The van der Waals surface area contributed by atoms with E-state index in [1.54, 1.807) is 6.07 Å². The van der Waals surface area contributed by atoms with Gasteiger partial charge in [-0.2, -0.15) is 0 Å². The average Bonchev–Trinajstić information content (AvgIpc) is 1.82. The minimum atomic E-state index is -0.438. The maximum atomic E-state index is 10.9. The summed E-state index contributed by atoms with van der Waals surface area (Å²) >= 11 is 12.0. The second-order valence-corrected chi connectivity index (χ2v) is 4.47. The summed E-state index contributed by atoms with van der Waals surface area (Å²) in [5.74, 6) is 0. The summed E-state index contributed by atoms with van der Waals surface area (Å²) in [5, 5.41) is -0.438. The van der Waals surface area contributed by atoms with Crippen LogP contribution in [0.4, 0.5) is 0 Å². The molecular weight excluding hydrogens is 307 g/mol. The van der Waals surface area contributed by atoms with E-state index in [1.165, 1.54) is 0 Å². The van der Waals surface area contributed by atoms with Gasteiger partial charge in [-0.25, -0.2) is 0 Å². The van der Waals surface area contributed by atoms with E-state index in [1.807, 2.05) is 13.0 Å².